The number of aliphatic carboxylic acids is 1. The van der Waals surface area contributed by atoms with Crippen LogP contribution in [0.3, 0.4) is 0 Å². The summed E-state index contributed by atoms with van der Waals surface area (Å²) in [6, 6.07) is 3.14. The van der Waals surface area contributed by atoms with Crippen LogP contribution in [0.25, 0.3) is 6.08 Å². The molecule has 0 aromatic heterocycles. The summed E-state index contributed by atoms with van der Waals surface area (Å²) in [6.07, 6.45) is 1.30. The minimum absolute atomic E-state index is 0.254. The zero-order valence-electron chi connectivity index (χ0n) is 12.6. The van der Waals surface area contributed by atoms with Gasteiger partial charge in [-0.2, -0.15) is 0 Å². The van der Waals surface area contributed by atoms with E-state index in [4.69, 9.17) is 26.2 Å². The van der Waals surface area contributed by atoms with Crippen LogP contribution < -0.4 is 14.8 Å². The first-order chi connectivity index (χ1) is 10.4. The average Bonchev–Trinajstić information content (AvgIpc) is 2.41. The standard InChI is InChI=1S/C15H18ClNO5/c1-4-21-13-8-10(6-11(16)14(13)22-5-2)7-12(15(19)20)17-9(3)18/h6-8H,4-5H2,1-3H3,(H,17,18)(H,19,20). The fourth-order valence-electron chi connectivity index (χ4n) is 1.73. The van der Waals surface area contributed by atoms with Crippen molar-refractivity contribution in [3.63, 3.8) is 0 Å². The molecule has 0 radical (unpaired) electrons. The highest BCUT2D eigenvalue weighted by Crippen LogP contribution is 2.37. The molecule has 1 aromatic rings. The Balaban J connectivity index is 3.29. The predicted molar refractivity (Wildman–Crippen MR) is 83.2 cm³/mol. The van der Waals surface area contributed by atoms with E-state index in [2.05, 4.69) is 5.32 Å². The zero-order chi connectivity index (χ0) is 16.7. The Hall–Kier alpha value is -2.21. The molecule has 0 aliphatic heterocycles. The number of rotatable bonds is 7. The smallest absolute Gasteiger partial charge is 0.352 e. The Bertz CT molecular complexity index is 598. The van der Waals surface area contributed by atoms with Gasteiger partial charge in [0.2, 0.25) is 5.91 Å². The summed E-state index contributed by atoms with van der Waals surface area (Å²) in [6.45, 7) is 5.68. The molecule has 7 heteroatoms. The van der Waals surface area contributed by atoms with Gasteiger partial charge in [0.15, 0.2) is 11.5 Å². The molecule has 22 heavy (non-hydrogen) atoms. The molecule has 0 spiro atoms. The van der Waals surface area contributed by atoms with E-state index in [-0.39, 0.29) is 5.70 Å². The SMILES string of the molecule is CCOc1cc(C=C(NC(C)=O)C(=O)O)cc(Cl)c1OCC. The first-order valence-electron chi connectivity index (χ1n) is 6.70. The molecule has 1 aromatic carbocycles. The van der Waals surface area contributed by atoms with E-state index in [1.165, 1.54) is 13.0 Å². The van der Waals surface area contributed by atoms with Gasteiger partial charge in [0.1, 0.15) is 5.70 Å². The molecule has 6 nitrogen and oxygen atoms in total. The molecule has 0 atom stereocenters. The van der Waals surface area contributed by atoms with E-state index in [1.54, 1.807) is 12.1 Å². The third-order valence-electron chi connectivity index (χ3n) is 2.47. The molecular weight excluding hydrogens is 310 g/mol. The van der Waals surface area contributed by atoms with Crippen LogP contribution in [0.4, 0.5) is 0 Å². The number of carboxylic acids is 1. The first-order valence-corrected chi connectivity index (χ1v) is 7.08. The highest BCUT2D eigenvalue weighted by molar-refractivity contribution is 6.32. The largest absolute Gasteiger partial charge is 0.490 e. The van der Waals surface area contributed by atoms with Gasteiger partial charge in [-0.3, -0.25) is 4.79 Å². The van der Waals surface area contributed by atoms with Gasteiger partial charge in [-0.1, -0.05) is 11.6 Å². The number of benzene rings is 1. The van der Waals surface area contributed by atoms with Crippen LogP contribution >= 0.6 is 11.6 Å². The second kappa shape index (κ2) is 8.29. The Morgan fingerprint density at radius 1 is 1.27 bits per heavy atom. The average molecular weight is 328 g/mol. The van der Waals surface area contributed by atoms with Gasteiger partial charge in [0.25, 0.3) is 0 Å². The van der Waals surface area contributed by atoms with Crippen molar-refractivity contribution in [3.8, 4) is 11.5 Å². The van der Waals surface area contributed by atoms with Crippen LogP contribution in [0.1, 0.15) is 26.3 Å². The van der Waals surface area contributed by atoms with Crippen molar-refractivity contribution in [1.82, 2.24) is 5.32 Å². The third-order valence-corrected chi connectivity index (χ3v) is 2.75. The molecule has 1 amide bonds. The first kappa shape index (κ1) is 17.8. The van der Waals surface area contributed by atoms with Gasteiger partial charge in [-0.25, -0.2) is 4.79 Å². The molecule has 0 bridgehead atoms. The van der Waals surface area contributed by atoms with Gasteiger partial charge in [-0.15, -0.1) is 0 Å². The monoisotopic (exact) mass is 327 g/mol. The molecule has 120 valence electrons. The number of carbonyl (C=O) groups is 2. The molecule has 0 unspecified atom stereocenters. The Morgan fingerprint density at radius 3 is 2.41 bits per heavy atom. The van der Waals surface area contributed by atoms with Gasteiger partial charge < -0.3 is 19.9 Å². The molecule has 0 saturated carbocycles. The third kappa shape index (κ3) is 4.96. The molecule has 0 aliphatic rings. The van der Waals surface area contributed by atoms with E-state index in [0.717, 1.165) is 0 Å². The molecule has 0 saturated heterocycles. The lowest BCUT2D eigenvalue weighted by molar-refractivity contribution is -0.134. The number of nitrogens with one attached hydrogen (secondary N) is 1. The lowest BCUT2D eigenvalue weighted by atomic mass is 10.1. The molecule has 2 N–H and O–H groups in total. The second-order valence-electron chi connectivity index (χ2n) is 4.24. The summed E-state index contributed by atoms with van der Waals surface area (Å²) in [4.78, 5) is 22.2. The number of halogens is 1. The highest BCUT2D eigenvalue weighted by Gasteiger charge is 2.14. The van der Waals surface area contributed by atoms with E-state index >= 15 is 0 Å². The quantitative estimate of drug-likeness (QED) is 0.752. The molecular formula is C15H18ClNO5. The van der Waals surface area contributed by atoms with Crippen molar-refractivity contribution in [1.29, 1.82) is 0 Å². The maximum atomic E-state index is 11.1. The number of carboxylic acid groups (broad SMARTS) is 1. The Kier molecular flexibility index (Phi) is 6.72. The predicted octanol–water partition coefficient (Wildman–Crippen LogP) is 2.70. The second-order valence-corrected chi connectivity index (χ2v) is 4.65. The lowest BCUT2D eigenvalue weighted by Gasteiger charge is -2.13. The van der Waals surface area contributed by atoms with Crippen LogP contribution in [0.5, 0.6) is 11.5 Å². The minimum Gasteiger partial charge on any atom is -0.490 e. The fourth-order valence-corrected chi connectivity index (χ4v) is 2.00. The maximum absolute atomic E-state index is 11.1. The van der Waals surface area contributed by atoms with E-state index < -0.39 is 11.9 Å². The van der Waals surface area contributed by atoms with Crippen LogP contribution in [-0.4, -0.2) is 30.2 Å². The maximum Gasteiger partial charge on any atom is 0.352 e. The van der Waals surface area contributed by atoms with Crippen LogP contribution in [0, 0.1) is 0 Å². The van der Waals surface area contributed by atoms with Crippen LogP contribution in [0.2, 0.25) is 5.02 Å². The minimum atomic E-state index is -1.25. The van der Waals surface area contributed by atoms with E-state index in [9.17, 15) is 9.59 Å². The van der Waals surface area contributed by atoms with Crippen molar-refractivity contribution in [2.75, 3.05) is 13.2 Å². The van der Waals surface area contributed by atoms with Crippen molar-refractivity contribution in [3.05, 3.63) is 28.4 Å². The number of hydrogen-bond acceptors (Lipinski definition) is 4. The van der Waals surface area contributed by atoms with Gasteiger partial charge >= 0.3 is 5.97 Å². The topological polar surface area (TPSA) is 84.9 Å². The summed E-state index contributed by atoms with van der Waals surface area (Å²) >= 11 is 6.15. The van der Waals surface area contributed by atoms with E-state index in [1.807, 2.05) is 13.8 Å². The number of hydrogen-bond donors (Lipinski definition) is 2. The Morgan fingerprint density at radius 2 is 1.91 bits per heavy atom. The lowest BCUT2D eigenvalue weighted by Crippen LogP contribution is -2.24. The zero-order valence-corrected chi connectivity index (χ0v) is 13.4. The summed E-state index contributed by atoms with van der Waals surface area (Å²) in [7, 11) is 0. The van der Waals surface area contributed by atoms with Crippen LogP contribution in [-0.2, 0) is 9.59 Å². The van der Waals surface area contributed by atoms with Crippen LogP contribution in [0.15, 0.2) is 17.8 Å². The van der Waals surface area contributed by atoms with Crippen molar-refractivity contribution < 1.29 is 24.2 Å². The number of ether oxygens (including phenoxy) is 2. The molecule has 0 heterocycles. The fraction of sp³-hybridized carbons (Fsp3) is 0.333. The number of amides is 1. The summed E-state index contributed by atoms with van der Waals surface area (Å²) in [5.41, 5.74) is 0.221. The van der Waals surface area contributed by atoms with Gasteiger partial charge in [0.05, 0.1) is 18.2 Å². The normalized spacial score (nSPS) is 11.0. The number of carbonyl (C=O) groups excluding carboxylic acids is 1. The Labute approximate surface area is 133 Å². The van der Waals surface area contributed by atoms with Crippen molar-refractivity contribution >= 4 is 29.6 Å². The summed E-state index contributed by atoms with van der Waals surface area (Å²) < 4.78 is 10.9. The molecule has 1 rings (SSSR count). The van der Waals surface area contributed by atoms with Gasteiger partial charge in [-0.05, 0) is 37.6 Å². The van der Waals surface area contributed by atoms with E-state index in [0.29, 0.717) is 35.3 Å². The molecule has 0 aliphatic carbocycles. The highest BCUT2D eigenvalue weighted by atomic mass is 35.5. The van der Waals surface area contributed by atoms with Crippen molar-refractivity contribution in [2.24, 2.45) is 0 Å². The van der Waals surface area contributed by atoms with Crippen molar-refractivity contribution in [2.45, 2.75) is 20.8 Å². The summed E-state index contributed by atoms with van der Waals surface area (Å²) in [5.74, 6) is -0.913. The van der Waals surface area contributed by atoms with Gasteiger partial charge in [0, 0.05) is 6.92 Å². The molecule has 0 fully saturated rings. The summed E-state index contributed by atoms with van der Waals surface area (Å²) in [5, 5.41) is 11.6.